The largest absolute Gasteiger partial charge is 0.497 e. The fraction of sp³-hybridized carbons (Fsp3) is 0.174. The minimum atomic E-state index is 0.774. The van der Waals surface area contributed by atoms with E-state index < -0.39 is 0 Å². The van der Waals surface area contributed by atoms with Gasteiger partial charge >= 0.3 is 0 Å². The Balaban J connectivity index is 1.73. The lowest BCUT2D eigenvalue weighted by Crippen LogP contribution is -2.01. The number of hydrogen-bond acceptors (Lipinski definition) is 5. The zero-order chi connectivity index (χ0) is 20.2. The second kappa shape index (κ2) is 8.49. The smallest absolute Gasteiger partial charge is 0.196 e. The number of aromatic nitrogens is 4. The van der Waals surface area contributed by atoms with Crippen LogP contribution < -0.4 is 4.74 Å². The predicted octanol–water partition coefficient (Wildman–Crippen LogP) is 5.25. The van der Waals surface area contributed by atoms with Gasteiger partial charge in [-0.2, -0.15) is 0 Å². The van der Waals surface area contributed by atoms with Gasteiger partial charge in [-0.1, -0.05) is 30.0 Å². The van der Waals surface area contributed by atoms with Gasteiger partial charge in [0, 0.05) is 23.7 Å². The molecule has 6 heteroatoms. The molecule has 0 saturated heterocycles. The van der Waals surface area contributed by atoms with E-state index in [2.05, 4.69) is 57.9 Å². The topological polar surface area (TPSA) is 52.8 Å². The quantitative estimate of drug-likeness (QED) is 0.413. The van der Waals surface area contributed by atoms with Crippen LogP contribution in [0.4, 0.5) is 0 Å². The zero-order valence-electron chi connectivity index (χ0n) is 16.7. The maximum absolute atomic E-state index is 5.34. The number of hydrogen-bond donors (Lipinski definition) is 0. The standard InChI is InChI=1S/C23H22N4OS/c1-16-7-8-20(13-17(16)2)27-22(19-9-11-24-12-10-19)25-26-23(27)29-15-18-5-4-6-21(14-18)28-3/h4-14H,15H2,1-3H3. The van der Waals surface area contributed by atoms with Gasteiger partial charge in [0.15, 0.2) is 11.0 Å². The molecule has 29 heavy (non-hydrogen) atoms. The highest BCUT2D eigenvalue weighted by Crippen LogP contribution is 2.30. The predicted molar refractivity (Wildman–Crippen MR) is 117 cm³/mol. The molecule has 0 amide bonds. The van der Waals surface area contributed by atoms with Gasteiger partial charge in [-0.25, -0.2) is 0 Å². The average molecular weight is 403 g/mol. The summed E-state index contributed by atoms with van der Waals surface area (Å²) in [6.45, 7) is 4.24. The van der Waals surface area contributed by atoms with Gasteiger partial charge in [0.25, 0.3) is 0 Å². The first-order valence-corrected chi connectivity index (χ1v) is 10.3. The highest BCUT2D eigenvalue weighted by atomic mass is 32.2. The van der Waals surface area contributed by atoms with Crippen molar-refractivity contribution in [2.75, 3.05) is 7.11 Å². The van der Waals surface area contributed by atoms with E-state index in [1.807, 2.05) is 30.3 Å². The van der Waals surface area contributed by atoms with Gasteiger partial charge in [-0.15, -0.1) is 10.2 Å². The van der Waals surface area contributed by atoms with E-state index in [1.54, 1.807) is 31.3 Å². The third-order valence-corrected chi connectivity index (χ3v) is 5.82. The van der Waals surface area contributed by atoms with Crippen LogP contribution in [0.3, 0.4) is 0 Å². The molecule has 146 valence electrons. The van der Waals surface area contributed by atoms with Crippen molar-refractivity contribution >= 4 is 11.8 Å². The fourth-order valence-electron chi connectivity index (χ4n) is 3.06. The molecule has 0 N–H and O–H groups in total. The first-order valence-electron chi connectivity index (χ1n) is 9.35. The number of nitrogens with zero attached hydrogens (tertiary/aromatic N) is 4. The zero-order valence-corrected chi connectivity index (χ0v) is 17.5. The Bertz CT molecular complexity index is 1120. The molecule has 0 spiro atoms. The van der Waals surface area contributed by atoms with E-state index in [4.69, 9.17) is 4.74 Å². The molecule has 0 unspecified atom stereocenters. The molecule has 0 aliphatic heterocycles. The minimum Gasteiger partial charge on any atom is -0.497 e. The SMILES string of the molecule is COc1cccc(CSc2nnc(-c3ccncc3)n2-c2ccc(C)c(C)c2)c1. The summed E-state index contributed by atoms with van der Waals surface area (Å²) >= 11 is 1.66. The third kappa shape index (κ3) is 4.17. The van der Waals surface area contributed by atoms with Crippen molar-refractivity contribution in [2.45, 2.75) is 24.8 Å². The summed E-state index contributed by atoms with van der Waals surface area (Å²) in [6.07, 6.45) is 3.55. The van der Waals surface area contributed by atoms with Crippen LogP contribution in [0.5, 0.6) is 5.75 Å². The first kappa shape index (κ1) is 19.2. The number of benzene rings is 2. The summed E-state index contributed by atoms with van der Waals surface area (Å²) in [4.78, 5) is 4.12. The van der Waals surface area contributed by atoms with E-state index in [0.29, 0.717) is 0 Å². The number of ether oxygens (including phenoxy) is 1. The molecule has 2 aromatic heterocycles. The average Bonchev–Trinajstić information content (AvgIpc) is 3.19. The molecule has 2 aromatic carbocycles. The Hall–Kier alpha value is -3.12. The molecule has 4 rings (SSSR count). The van der Waals surface area contributed by atoms with Crippen molar-refractivity contribution < 1.29 is 4.74 Å². The normalized spacial score (nSPS) is 10.9. The summed E-state index contributed by atoms with van der Waals surface area (Å²) < 4.78 is 7.46. The van der Waals surface area contributed by atoms with Crippen molar-refractivity contribution in [1.82, 2.24) is 19.7 Å². The van der Waals surface area contributed by atoms with Gasteiger partial charge in [-0.3, -0.25) is 9.55 Å². The molecular weight excluding hydrogens is 380 g/mol. The van der Waals surface area contributed by atoms with Gasteiger partial charge in [0.05, 0.1) is 12.8 Å². The van der Waals surface area contributed by atoms with Crippen LogP contribution in [0, 0.1) is 13.8 Å². The Kier molecular flexibility index (Phi) is 5.62. The second-order valence-electron chi connectivity index (χ2n) is 6.79. The van der Waals surface area contributed by atoms with Crippen molar-refractivity contribution in [3.63, 3.8) is 0 Å². The monoisotopic (exact) mass is 402 g/mol. The van der Waals surface area contributed by atoms with Crippen LogP contribution in [0.1, 0.15) is 16.7 Å². The maximum Gasteiger partial charge on any atom is 0.196 e. The van der Waals surface area contributed by atoms with Gasteiger partial charge in [0.2, 0.25) is 0 Å². The maximum atomic E-state index is 5.34. The highest BCUT2D eigenvalue weighted by Gasteiger charge is 2.17. The van der Waals surface area contributed by atoms with Gasteiger partial charge in [-0.05, 0) is 66.9 Å². The molecule has 4 aromatic rings. The summed E-state index contributed by atoms with van der Waals surface area (Å²) in [6, 6.07) is 18.4. The van der Waals surface area contributed by atoms with Crippen molar-refractivity contribution in [3.8, 4) is 22.8 Å². The van der Waals surface area contributed by atoms with Crippen LogP contribution in [0.15, 0.2) is 72.1 Å². The van der Waals surface area contributed by atoms with Crippen LogP contribution in [0.2, 0.25) is 0 Å². The molecule has 0 bridgehead atoms. The summed E-state index contributed by atoms with van der Waals surface area (Å²) in [7, 11) is 1.68. The fourth-order valence-corrected chi connectivity index (χ4v) is 3.95. The van der Waals surface area contributed by atoms with Crippen molar-refractivity contribution in [2.24, 2.45) is 0 Å². The van der Waals surface area contributed by atoms with E-state index in [0.717, 1.165) is 33.7 Å². The lowest BCUT2D eigenvalue weighted by Gasteiger charge is -2.12. The van der Waals surface area contributed by atoms with Crippen LogP contribution in [0.25, 0.3) is 17.1 Å². The van der Waals surface area contributed by atoms with Gasteiger partial charge < -0.3 is 4.74 Å². The van der Waals surface area contributed by atoms with E-state index in [-0.39, 0.29) is 0 Å². The minimum absolute atomic E-state index is 0.774. The van der Waals surface area contributed by atoms with Crippen LogP contribution >= 0.6 is 11.8 Å². The first-order chi connectivity index (χ1) is 14.2. The van der Waals surface area contributed by atoms with E-state index in [9.17, 15) is 0 Å². The Morgan fingerprint density at radius 2 is 1.76 bits per heavy atom. The van der Waals surface area contributed by atoms with E-state index >= 15 is 0 Å². The number of thioether (sulfide) groups is 1. The number of rotatable bonds is 6. The lowest BCUT2D eigenvalue weighted by molar-refractivity contribution is 0.414. The molecule has 0 aliphatic rings. The van der Waals surface area contributed by atoms with E-state index in [1.165, 1.54) is 16.7 Å². The molecule has 0 fully saturated rings. The van der Waals surface area contributed by atoms with Crippen LogP contribution in [-0.4, -0.2) is 26.9 Å². The van der Waals surface area contributed by atoms with Crippen molar-refractivity contribution in [1.29, 1.82) is 0 Å². The third-order valence-electron chi connectivity index (χ3n) is 4.82. The number of pyridine rings is 1. The summed E-state index contributed by atoms with van der Waals surface area (Å²) in [5.74, 6) is 2.44. The summed E-state index contributed by atoms with van der Waals surface area (Å²) in [5, 5.41) is 9.85. The Morgan fingerprint density at radius 3 is 2.52 bits per heavy atom. The molecule has 0 radical (unpaired) electrons. The summed E-state index contributed by atoms with van der Waals surface area (Å²) in [5.41, 5.74) is 5.71. The Labute approximate surface area is 174 Å². The molecular formula is C23H22N4OS. The highest BCUT2D eigenvalue weighted by molar-refractivity contribution is 7.98. The number of methoxy groups -OCH3 is 1. The Morgan fingerprint density at radius 1 is 0.931 bits per heavy atom. The van der Waals surface area contributed by atoms with Crippen LogP contribution in [-0.2, 0) is 5.75 Å². The molecule has 5 nitrogen and oxygen atoms in total. The molecule has 2 heterocycles. The van der Waals surface area contributed by atoms with Crippen molar-refractivity contribution in [3.05, 3.63) is 83.7 Å². The second-order valence-corrected chi connectivity index (χ2v) is 7.73. The number of aryl methyl sites for hydroxylation is 2. The molecule has 0 saturated carbocycles. The van der Waals surface area contributed by atoms with Gasteiger partial charge in [0.1, 0.15) is 5.75 Å². The molecule has 0 atom stereocenters. The molecule has 0 aliphatic carbocycles. The lowest BCUT2D eigenvalue weighted by atomic mass is 10.1.